The number of carbonyl (C=O) groups is 2. The highest BCUT2D eigenvalue weighted by Gasteiger charge is 2.22. The Balaban J connectivity index is 4.01. The summed E-state index contributed by atoms with van der Waals surface area (Å²) in [5, 5.41) is 0. The molecule has 9 heteroatoms. The molecule has 0 aliphatic carbocycles. The van der Waals surface area contributed by atoms with E-state index in [1.54, 1.807) is 0 Å². The maximum atomic E-state index is 12.4. The molecule has 0 fully saturated rings. The second-order valence-corrected chi connectivity index (χ2v) is 14.8. The summed E-state index contributed by atoms with van der Waals surface area (Å²) in [5.74, 6) is -0.945. The van der Waals surface area contributed by atoms with E-state index in [0.29, 0.717) is 12.8 Å². The first-order valence-corrected chi connectivity index (χ1v) is 21.8. The predicted molar refractivity (Wildman–Crippen MR) is 207 cm³/mol. The summed E-state index contributed by atoms with van der Waals surface area (Å²) in [5.41, 5.74) is 0. The summed E-state index contributed by atoms with van der Waals surface area (Å²) in [6.07, 6.45) is 43.0. The molecule has 0 unspecified atom stereocenters. The van der Waals surface area contributed by atoms with Gasteiger partial charge in [0.1, 0.15) is 6.61 Å². The number of rotatable bonds is 37. The zero-order chi connectivity index (χ0) is 36.8. The van der Waals surface area contributed by atoms with Crippen LogP contribution in [0.4, 0.5) is 0 Å². The third kappa shape index (κ3) is 39.1. The van der Waals surface area contributed by atoms with E-state index in [-0.39, 0.29) is 19.4 Å². The minimum absolute atomic E-state index is 0.194. The Labute approximate surface area is 306 Å². The number of ether oxygens (including phenoxy) is 2. The van der Waals surface area contributed by atoms with Crippen molar-refractivity contribution in [2.45, 2.75) is 200 Å². The summed E-state index contributed by atoms with van der Waals surface area (Å²) in [4.78, 5) is 42.7. The lowest BCUT2D eigenvalue weighted by molar-refractivity contribution is -0.161. The number of allylic oxidation sites excluding steroid dienone is 6. The average molecular weight is 727 g/mol. The van der Waals surface area contributed by atoms with Gasteiger partial charge in [-0.3, -0.25) is 14.1 Å². The molecule has 0 saturated heterocycles. The lowest BCUT2D eigenvalue weighted by Gasteiger charge is -2.18. The van der Waals surface area contributed by atoms with Crippen LogP contribution in [0.2, 0.25) is 0 Å². The minimum atomic E-state index is -4.76. The zero-order valence-corrected chi connectivity index (χ0v) is 32.9. The number of phosphoric acid groups is 1. The Kier molecular flexibility index (Phi) is 35.8. The van der Waals surface area contributed by atoms with Gasteiger partial charge in [-0.25, -0.2) is 4.57 Å². The standard InChI is InChI=1S/C41H75O8P/c1-3-5-7-9-11-13-15-17-19-20-22-23-25-27-29-31-33-35-40(42)47-37-39(38-48-50(44,45)46)49-41(43)36-34-32-30-28-26-24-21-18-16-14-12-10-8-6-4-2/h18,21-23,27,29,39H,3-17,19-20,24-26,28,30-38H2,1-2H3,(H2,44,45,46)/b21-18+,23-22+,29-27+/t39-/m1/s1. The van der Waals surface area contributed by atoms with E-state index in [1.165, 1.54) is 103 Å². The van der Waals surface area contributed by atoms with E-state index in [0.717, 1.165) is 51.4 Å². The highest BCUT2D eigenvalue weighted by molar-refractivity contribution is 7.46. The molecule has 0 aromatic heterocycles. The lowest BCUT2D eigenvalue weighted by atomic mass is 10.1. The smallest absolute Gasteiger partial charge is 0.462 e. The second kappa shape index (κ2) is 37.0. The number of phosphoric ester groups is 1. The van der Waals surface area contributed by atoms with Crippen molar-refractivity contribution >= 4 is 19.8 Å². The average Bonchev–Trinajstić information content (AvgIpc) is 3.08. The number of hydrogen-bond acceptors (Lipinski definition) is 6. The van der Waals surface area contributed by atoms with Crippen molar-refractivity contribution in [1.29, 1.82) is 0 Å². The molecule has 0 rings (SSSR count). The van der Waals surface area contributed by atoms with Gasteiger partial charge in [-0.2, -0.15) is 0 Å². The Bertz CT molecular complexity index is 910. The predicted octanol–water partition coefficient (Wildman–Crippen LogP) is 12.2. The van der Waals surface area contributed by atoms with Gasteiger partial charge >= 0.3 is 19.8 Å². The van der Waals surface area contributed by atoms with E-state index in [4.69, 9.17) is 19.3 Å². The number of carbonyl (C=O) groups excluding carboxylic acids is 2. The third-order valence-electron chi connectivity index (χ3n) is 8.63. The number of esters is 2. The van der Waals surface area contributed by atoms with Crippen molar-refractivity contribution < 1.29 is 37.9 Å². The number of unbranched alkanes of at least 4 members (excludes halogenated alkanes) is 21. The van der Waals surface area contributed by atoms with E-state index in [1.807, 2.05) is 0 Å². The zero-order valence-electron chi connectivity index (χ0n) is 32.0. The molecule has 0 spiro atoms. The first-order chi connectivity index (χ1) is 24.3. The van der Waals surface area contributed by atoms with Crippen molar-refractivity contribution in [2.75, 3.05) is 13.2 Å². The first kappa shape index (κ1) is 48.3. The third-order valence-corrected chi connectivity index (χ3v) is 9.12. The molecule has 0 bridgehead atoms. The fourth-order valence-corrected chi connectivity index (χ4v) is 5.94. The van der Waals surface area contributed by atoms with Gasteiger partial charge in [0, 0.05) is 12.8 Å². The summed E-state index contributed by atoms with van der Waals surface area (Å²) < 4.78 is 26.3. The Hall–Kier alpha value is -1.73. The quantitative estimate of drug-likeness (QED) is 0.0281. The van der Waals surface area contributed by atoms with E-state index < -0.39 is 32.5 Å². The molecule has 0 saturated carbocycles. The largest absolute Gasteiger partial charge is 0.469 e. The number of hydrogen-bond donors (Lipinski definition) is 2. The van der Waals surface area contributed by atoms with Gasteiger partial charge in [0.2, 0.25) is 0 Å². The van der Waals surface area contributed by atoms with Crippen molar-refractivity contribution in [1.82, 2.24) is 0 Å². The molecule has 0 amide bonds. The van der Waals surface area contributed by atoms with Crippen molar-refractivity contribution in [3.8, 4) is 0 Å². The molecule has 0 heterocycles. The van der Waals surface area contributed by atoms with Crippen LogP contribution in [-0.2, 0) is 28.2 Å². The van der Waals surface area contributed by atoms with Crippen LogP contribution in [0.3, 0.4) is 0 Å². The van der Waals surface area contributed by atoms with Gasteiger partial charge in [-0.15, -0.1) is 0 Å². The summed E-state index contributed by atoms with van der Waals surface area (Å²) in [6, 6.07) is 0. The molecule has 8 nitrogen and oxygen atoms in total. The Morgan fingerprint density at radius 2 is 0.920 bits per heavy atom. The molecule has 0 aliphatic heterocycles. The molecular formula is C41H75O8P. The van der Waals surface area contributed by atoms with Crippen LogP contribution in [0.25, 0.3) is 0 Å². The van der Waals surface area contributed by atoms with Crippen molar-refractivity contribution in [3.63, 3.8) is 0 Å². The molecular weight excluding hydrogens is 651 g/mol. The monoisotopic (exact) mass is 727 g/mol. The normalized spacial score (nSPS) is 12.8. The molecule has 0 radical (unpaired) electrons. The molecule has 1 atom stereocenters. The van der Waals surface area contributed by atoms with Crippen LogP contribution in [0.5, 0.6) is 0 Å². The molecule has 0 aliphatic rings. The molecule has 0 aromatic rings. The summed E-state index contributed by atoms with van der Waals surface area (Å²) in [7, 11) is -4.76. The Morgan fingerprint density at radius 1 is 0.520 bits per heavy atom. The molecule has 292 valence electrons. The van der Waals surface area contributed by atoms with E-state index in [9.17, 15) is 14.2 Å². The minimum Gasteiger partial charge on any atom is -0.462 e. The van der Waals surface area contributed by atoms with Gasteiger partial charge in [-0.1, -0.05) is 153 Å². The highest BCUT2D eigenvalue weighted by Crippen LogP contribution is 2.36. The van der Waals surface area contributed by atoms with Crippen LogP contribution in [0.15, 0.2) is 36.5 Å². The fourth-order valence-electron chi connectivity index (χ4n) is 5.58. The van der Waals surface area contributed by atoms with Gasteiger partial charge < -0.3 is 19.3 Å². The van der Waals surface area contributed by atoms with Crippen molar-refractivity contribution in [2.24, 2.45) is 0 Å². The van der Waals surface area contributed by atoms with Crippen molar-refractivity contribution in [3.05, 3.63) is 36.5 Å². The van der Waals surface area contributed by atoms with E-state index >= 15 is 0 Å². The highest BCUT2D eigenvalue weighted by atomic mass is 31.2. The topological polar surface area (TPSA) is 119 Å². The Morgan fingerprint density at radius 3 is 1.40 bits per heavy atom. The van der Waals surface area contributed by atoms with Gasteiger partial charge in [-0.05, 0) is 64.2 Å². The van der Waals surface area contributed by atoms with Crippen LogP contribution >= 0.6 is 7.82 Å². The second-order valence-electron chi connectivity index (χ2n) is 13.6. The first-order valence-electron chi connectivity index (χ1n) is 20.3. The van der Waals surface area contributed by atoms with Crippen LogP contribution in [0, 0.1) is 0 Å². The maximum Gasteiger partial charge on any atom is 0.469 e. The van der Waals surface area contributed by atoms with Crippen LogP contribution < -0.4 is 0 Å². The van der Waals surface area contributed by atoms with Gasteiger partial charge in [0.25, 0.3) is 0 Å². The van der Waals surface area contributed by atoms with Crippen LogP contribution in [0.1, 0.15) is 194 Å². The van der Waals surface area contributed by atoms with Crippen LogP contribution in [-0.4, -0.2) is 41.0 Å². The van der Waals surface area contributed by atoms with E-state index in [2.05, 4.69) is 54.8 Å². The lowest BCUT2D eigenvalue weighted by Crippen LogP contribution is -2.29. The fraction of sp³-hybridized carbons (Fsp3) is 0.805. The summed E-state index contributed by atoms with van der Waals surface area (Å²) in [6.45, 7) is 3.64. The summed E-state index contributed by atoms with van der Waals surface area (Å²) >= 11 is 0. The SMILES string of the molecule is CCCCCCCC/C=C/CCCCCCCC(=O)O[C@H](COC(=O)CCC/C=C/C/C=C/CCCCCCCCCCC)COP(=O)(O)O. The molecule has 2 N–H and O–H groups in total. The molecule has 50 heavy (non-hydrogen) atoms. The molecule has 0 aromatic carbocycles. The maximum absolute atomic E-state index is 12.4. The van der Waals surface area contributed by atoms with Gasteiger partial charge in [0.15, 0.2) is 6.10 Å². The van der Waals surface area contributed by atoms with Gasteiger partial charge in [0.05, 0.1) is 6.61 Å².